The SMILES string of the molecule is CC(NS(=O)(=O)c1ccc(CCC(=O)NC2CCCc3ccccc32)cc1)c1ccccc1. The Bertz CT molecular complexity index is 1190. The Kier molecular flexibility index (Phi) is 7.26. The maximum atomic E-state index is 12.7. The van der Waals surface area contributed by atoms with E-state index in [1.807, 2.05) is 49.4 Å². The van der Waals surface area contributed by atoms with Crippen LogP contribution in [0.1, 0.15) is 60.5 Å². The van der Waals surface area contributed by atoms with Crippen LogP contribution in [-0.2, 0) is 27.7 Å². The van der Waals surface area contributed by atoms with Crippen molar-refractivity contribution >= 4 is 15.9 Å². The number of rotatable bonds is 8. The van der Waals surface area contributed by atoms with Gasteiger partial charge >= 0.3 is 0 Å². The molecule has 0 fully saturated rings. The van der Waals surface area contributed by atoms with E-state index in [9.17, 15) is 13.2 Å². The lowest BCUT2D eigenvalue weighted by Gasteiger charge is -2.26. The number of nitrogens with one attached hydrogen (secondary N) is 2. The van der Waals surface area contributed by atoms with Gasteiger partial charge in [-0.05, 0) is 67.0 Å². The Hall–Kier alpha value is -2.96. The smallest absolute Gasteiger partial charge is 0.241 e. The summed E-state index contributed by atoms with van der Waals surface area (Å²) >= 11 is 0. The van der Waals surface area contributed by atoms with Gasteiger partial charge in [0, 0.05) is 12.5 Å². The van der Waals surface area contributed by atoms with Gasteiger partial charge in [-0.25, -0.2) is 13.1 Å². The summed E-state index contributed by atoms with van der Waals surface area (Å²) in [6, 6.07) is 24.3. The standard InChI is InChI=1S/C27H30N2O3S/c1-20(22-8-3-2-4-9-22)29-33(31,32)24-17-14-21(15-18-24)16-19-27(30)28-26-13-7-11-23-10-5-6-12-25(23)26/h2-6,8-10,12,14-15,17-18,20,26,29H,7,11,13,16,19H2,1H3,(H,28,30). The van der Waals surface area contributed by atoms with Crippen LogP contribution in [0.2, 0.25) is 0 Å². The average Bonchev–Trinajstić information content (AvgIpc) is 2.83. The minimum Gasteiger partial charge on any atom is -0.349 e. The first-order chi connectivity index (χ1) is 15.9. The van der Waals surface area contributed by atoms with E-state index in [0.29, 0.717) is 12.8 Å². The molecule has 2 atom stereocenters. The molecule has 1 aliphatic rings. The number of carbonyl (C=O) groups excluding carboxylic acids is 1. The molecule has 4 rings (SSSR count). The molecule has 2 unspecified atom stereocenters. The third kappa shape index (κ3) is 5.89. The number of amides is 1. The van der Waals surface area contributed by atoms with E-state index in [2.05, 4.69) is 22.2 Å². The lowest BCUT2D eigenvalue weighted by molar-refractivity contribution is -0.121. The van der Waals surface area contributed by atoms with E-state index in [-0.39, 0.29) is 22.9 Å². The number of carbonyl (C=O) groups is 1. The second kappa shape index (κ2) is 10.3. The molecule has 0 bridgehead atoms. The largest absolute Gasteiger partial charge is 0.349 e. The van der Waals surface area contributed by atoms with E-state index < -0.39 is 10.0 Å². The molecular formula is C27H30N2O3S. The van der Waals surface area contributed by atoms with Gasteiger partial charge < -0.3 is 5.32 Å². The summed E-state index contributed by atoms with van der Waals surface area (Å²) < 4.78 is 28.2. The fraction of sp³-hybridized carbons (Fsp3) is 0.296. The van der Waals surface area contributed by atoms with Crippen molar-refractivity contribution < 1.29 is 13.2 Å². The fourth-order valence-corrected chi connectivity index (χ4v) is 5.61. The van der Waals surface area contributed by atoms with E-state index in [1.165, 1.54) is 11.1 Å². The van der Waals surface area contributed by atoms with Gasteiger partial charge in [-0.15, -0.1) is 0 Å². The molecule has 0 saturated heterocycles. The second-order valence-electron chi connectivity index (χ2n) is 8.61. The summed E-state index contributed by atoms with van der Waals surface area (Å²) in [6.07, 6.45) is 4.04. The van der Waals surface area contributed by atoms with Crippen LogP contribution in [0, 0.1) is 0 Å². The predicted octanol–water partition coefficient (Wildman–Crippen LogP) is 4.85. The number of hydrogen-bond acceptors (Lipinski definition) is 3. The molecule has 5 nitrogen and oxygen atoms in total. The van der Waals surface area contributed by atoms with Gasteiger partial charge in [-0.2, -0.15) is 0 Å². The number of benzene rings is 3. The highest BCUT2D eigenvalue weighted by atomic mass is 32.2. The van der Waals surface area contributed by atoms with Gasteiger partial charge in [0.25, 0.3) is 0 Å². The number of hydrogen-bond donors (Lipinski definition) is 2. The molecule has 2 N–H and O–H groups in total. The Balaban J connectivity index is 1.32. The molecule has 0 radical (unpaired) electrons. The zero-order valence-corrected chi connectivity index (χ0v) is 19.6. The zero-order valence-electron chi connectivity index (χ0n) is 18.8. The predicted molar refractivity (Wildman–Crippen MR) is 130 cm³/mol. The van der Waals surface area contributed by atoms with E-state index in [0.717, 1.165) is 30.4 Å². The average molecular weight is 463 g/mol. The van der Waals surface area contributed by atoms with Gasteiger partial charge in [0.2, 0.25) is 15.9 Å². The zero-order chi connectivity index (χ0) is 23.3. The molecule has 0 spiro atoms. The van der Waals surface area contributed by atoms with Gasteiger partial charge in [-0.1, -0.05) is 66.7 Å². The lowest BCUT2D eigenvalue weighted by atomic mass is 9.87. The van der Waals surface area contributed by atoms with Crippen molar-refractivity contribution in [1.29, 1.82) is 0 Å². The van der Waals surface area contributed by atoms with Crippen molar-refractivity contribution in [2.45, 2.75) is 56.0 Å². The van der Waals surface area contributed by atoms with Gasteiger partial charge in [-0.3, -0.25) is 4.79 Å². The second-order valence-corrected chi connectivity index (χ2v) is 10.3. The lowest BCUT2D eigenvalue weighted by Crippen LogP contribution is -2.31. The van der Waals surface area contributed by atoms with Crippen LogP contribution in [-0.4, -0.2) is 14.3 Å². The van der Waals surface area contributed by atoms with Crippen LogP contribution in [0.15, 0.2) is 83.8 Å². The molecule has 0 heterocycles. The normalized spacial score (nSPS) is 16.6. The summed E-state index contributed by atoms with van der Waals surface area (Å²) in [6.45, 7) is 1.82. The number of aryl methyl sites for hydroxylation is 2. The number of sulfonamides is 1. The minimum atomic E-state index is -3.63. The van der Waals surface area contributed by atoms with Gasteiger partial charge in [0.15, 0.2) is 0 Å². The molecule has 172 valence electrons. The van der Waals surface area contributed by atoms with Crippen molar-refractivity contribution in [1.82, 2.24) is 10.0 Å². The van der Waals surface area contributed by atoms with Crippen LogP contribution in [0.4, 0.5) is 0 Å². The molecule has 1 amide bonds. The summed E-state index contributed by atoms with van der Waals surface area (Å²) in [5, 5.41) is 3.17. The molecule has 1 aliphatic carbocycles. The van der Waals surface area contributed by atoms with E-state index in [4.69, 9.17) is 0 Å². The van der Waals surface area contributed by atoms with Crippen molar-refractivity contribution in [3.63, 3.8) is 0 Å². The monoisotopic (exact) mass is 462 g/mol. The Morgan fingerprint density at radius 3 is 2.42 bits per heavy atom. The molecule has 3 aromatic carbocycles. The molecule has 3 aromatic rings. The maximum Gasteiger partial charge on any atom is 0.241 e. The van der Waals surface area contributed by atoms with Crippen molar-refractivity contribution in [2.75, 3.05) is 0 Å². The van der Waals surface area contributed by atoms with E-state index >= 15 is 0 Å². The van der Waals surface area contributed by atoms with Crippen molar-refractivity contribution in [2.24, 2.45) is 0 Å². The van der Waals surface area contributed by atoms with Crippen molar-refractivity contribution in [3.05, 3.63) is 101 Å². The Labute approximate surface area is 196 Å². The minimum absolute atomic E-state index is 0.0201. The Morgan fingerprint density at radius 1 is 0.970 bits per heavy atom. The fourth-order valence-electron chi connectivity index (χ4n) is 4.37. The highest BCUT2D eigenvalue weighted by molar-refractivity contribution is 7.89. The van der Waals surface area contributed by atoms with Crippen LogP contribution in [0.25, 0.3) is 0 Å². The van der Waals surface area contributed by atoms with Crippen LogP contribution in [0.5, 0.6) is 0 Å². The third-order valence-corrected chi connectivity index (χ3v) is 7.77. The molecular weight excluding hydrogens is 432 g/mol. The van der Waals surface area contributed by atoms with Crippen LogP contribution < -0.4 is 10.0 Å². The molecule has 0 aliphatic heterocycles. The topological polar surface area (TPSA) is 75.3 Å². The Morgan fingerprint density at radius 2 is 1.67 bits per heavy atom. The maximum absolute atomic E-state index is 12.7. The quantitative estimate of drug-likeness (QED) is 0.502. The molecule has 0 aromatic heterocycles. The van der Waals surface area contributed by atoms with Gasteiger partial charge in [0.05, 0.1) is 10.9 Å². The van der Waals surface area contributed by atoms with Crippen LogP contribution in [0.3, 0.4) is 0 Å². The molecule has 33 heavy (non-hydrogen) atoms. The summed E-state index contributed by atoms with van der Waals surface area (Å²) in [4.78, 5) is 12.8. The summed E-state index contributed by atoms with van der Waals surface area (Å²) in [7, 11) is -3.63. The third-order valence-electron chi connectivity index (χ3n) is 6.21. The summed E-state index contributed by atoms with van der Waals surface area (Å²) in [5.74, 6) is 0.0201. The molecule has 6 heteroatoms. The van der Waals surface area contributed by atoms with E-state index in [1.54, 1.807) is 24.3 Å². The van der Waals surface area contributed by atoms with Crippen molar-refractivity contribution in [3.8, 4) is 0 Å². The first kappa shape index (κ1) is 23.2. The number of fused-ring (bicyclic) bond motifs is 1. The highest BCUT2D eigenvalue weighted by Gasteiger charge is 2.21. The molecule has 0 saturated carbocycles. The highest BCUT2D eigenvalue weighted by Crippen LogP contribution is 2.29. The van der Waals surface area contributed by atoms with Crippen LogP contribution >= 0.6 is 0 Å². The summed E-state index contributed by atoms with van der Waals surface area (Å²) in [5.41, 5.74) is 4.39. The first-order valence-electron chi connectivity index (χ1n) is 11.5. The van der Waals surface area contributed by atoms with Gasteiger partial charge in [0.1, 0.15) is 0 Å². The first-order valence-corrected chi connectivity index (χ1v) is 12.9.